The van der Waals surface area contributed by atoms with Gasteiger partial charge >= 0.3 is 0 Å². The zero-order valence-electron chi connectivity index (χ0n) is 12.7. The van der Waals surface area contributed by atoms with Gasteiger partial charge < -0.3 is 19.4 Å². The van der Waals surface area contributed by atoms with Gasteiger partial charge in [-0.15, -0.1) is 0 Å². The molecular weight excluding hydrogens is 322 g/mol. The van der Waals surface area contributed by atoms with E-state index in [9.17, 15) is 9.59 Å². The first-order chi connectivity index (χ1) is 11.0. The van der Waals surface area contributed by atoms with Gasteiger partial charge in [0, 0.05) is 25.9 Å². The van der Waals surface area contributed by atoms with E-state index in [2.05, 4.69) is 10.3 Å². The molecule has 122 valence electrons. The van der Waals surface area contributed by atoms with Crippen molar-refractivity contribution >= 4 is 23.2 Å². The second-order valence-corrected chi connectivity index (χ2v) is 5.07. The lowest BCUT2D eigenvalue weighted by Gasteiger charge is -2.10. The quantitative estimate of drug-likeness (QED) is 0.811. The highest BCUT2D eigenvalue weighted by Gasteiger charge is 2.10. The van der Waals surface area contributed by atoms with E-state index in [4.69, 9.17) is 21.1 Å². The first-order valence-corrected chi connectivity index (χ1v) is 7.14. The molecule has 0 aliphatic carbocycles. The van der Waals surface area contributed by atoms with Crippen LogP contribution in [0.3, 0.4) is 0 Å². The van der Waals surface area contributed by atoms with Crippen molar-refractivity contribution < 1.29 is 14.3 Å². The molecule has 0 aliphatic heterocycles. The summed E-state index contributed by atoms with van der Waals surface area (Å²) in [7, 11) is 3.13. The fourth-order valence-electron chi connectivity index (χ4n) is 1.71. The van der Waals surface area contributed by atoms with Crippen molar-refractivity contribution in [2.45, 2.75) is 0 Å². The van der Waals surface area contributed by atoms with Gasteiger partial charge in [0.2, 0.25) is 0 Å². The van der Waals surface area contributed by atoms with Gasteiger partial charge in [0.1, 0.15) is 18.1 Å². The lowest BCUT2D eigenvalue weighted by atomic mass is 10.3. The number of nitrogens with zero attached hydrogens (tertiary/aromatic N) is 2. The second-order valence-electron chi connectivity index (χ2n) is 4.66. The lowest BCUT2D eigenvalue weighted by Crippen LogP contribution is -2.22. The third-order valence-electron chi connectivity index (χ3n) is 2.95. The molecule has 0 fully saturated rings. The Morgan fingerprint density at radius 2 is 2.13 bits per heavy atom. The number of nitrogens with one attached hydrogen (secondary N) is 1. The minimum absolute atomic E-state index is 0.0321. The molecule has 1 N–H and O–H groups in total. The highest BCUT2D eigenvalue weighted by atomic mass is 35.5. The normalized spacial score (nSPS) is 10.4. The molecule has 0 saturated carbocycles. The Balaban J connectivity index is 2.07. The van der Waals surface area contributed by atoms with Crippen molar-refractivity contribution in [3.05, 3.63) is 51.7 Å². The maximum absolute atomic E-state index is 12.1. The van der Waals surface area contributed by atoms with E-state index in [1.807, 2.05) is 0 Å². The number of benzene rings is 1. The lowest BCUT2D eigenvalue weighted by molar-refractivity contribution is 0.102. The number of halogens is 1. The summed E-state index contributed by atoms with van der Waals surface area (Å²) in [5, 5.41) is 2.98. The third kappa shape index (κ3) is 4.54. The van der Waals surface area contributed by atoms with E-state index >= 15 is 0 Å². The van der Waals surface area contributed by atoms with Crippen molar-refractivity contribution in [2.24, 2.45) is 7.05 Å². The number of aromatic nitrogens is 2. The van der Waals surface area contributed by atoms with Crippen LogP contribution in [0.25, 0.3) is 0 Å². The Morgan fingerprint density at radius 3 is 2.78 bits per heavy atom. The number of carbonyl (C=O) groups excluding carboxylic acids is 1. The molecule has 1 aromatic heterocycles. The molecule has 0 aliphatic rings. The Bertz CT molecular complexity index is 761. The van der Waals surface area contributed by atoms with E-state index in [-0.39, 0.29) is 11.3 Å². The van der Waals surface area contributed by atoms with Crippen LogP contribution in [0, 0.1) is 0 Å². The molecule has 0 spiro atoms. The van der Waals surface area contributed by atoms with Crippen LogP contribution < -0.4 is 15.6 Å². The molecule has 1 aromatic carbocycles. The van der Waals surface area contributed by atoms with Crippen LogP contribution in [0.1, 0.15) is 10.5 Å². The number of aryl methyl sites for hydroxylation is 1. The van der Waals surface area contributed by atoms with E-state index in [0.717, 1.165) is 0 Å². The van der Waals surface area contributed by atoms with Crippen LogP contribution in [-0.4, -0.2) is 35.8 Å². The number of anilines is 1. The van der Waals surface area contributed by atoms with Crippen molar-refractivity contribution in [3.8, 4) is 5.75 Å². The molecule has 2 aromatic rings. The predicted molar refractivity (Wildman–Crippen MR) is 86.3 cm³/mol. The smallest absolute Gasteiger partial charge is 0.274 e. The van der Waals surface area contributed by atoms with E-state index in [1.165, 1.54) is 17.0 Å². The minimum atomic E-state index is -0.494. The van der Waals surface area contributed by atoms with Gasteiger partial charge in [-0.3, -0.25) is 9.59 Å². The summed E-state index contributed by atoms with van der Waals surface area (Å²) in [6.45, 7) is 0.822. The summed E-state index contributed by atoms with van der Waals surface area (Å²) in [4.78, 5) is 27.5. The van der Waals surface area contributed by atoms with Crippen LogP contribution in [0.5, 0.6) is 5.75 Å². The predicted octanol–water partition coefficient (Wildman–Crippen LogP) is 1.71. The number of rotatable bonds is 6. The number of amides is 1. The summed E-state index contributed by atoms with van der Waals surface area (Å²) in [6, 6.07) is 6.01. The summed E-state index contributed by atoms with van der Waals surface area (Å²) < 4.78 is 11.6. The first-order valence-electron chi connectivity index (χ1n) is 6.76. The second kappa shape index (κ2) is 7.75. The standard InChI is InChI=1S/C15H16ClN3O4/c1-19-9-17-12(8-14(19)20)15(21)18-10-3-4-13(11(16)7-10)23-6-5-22-2/h3-4,7-9H,5-6H2,1-2H3,(H,18,21). The molecule has 0 radical (unpaired) electrons. The van der Waals surface area contributed by atoms with Gasteiger partial charge in [0.05, 0.1) is 18.0 Å². The molecule has 1 amide bonds. The highest BCUT2D eigenvalue weighted by molar-refractivity contribution is 6.32. The molecule has 0 unspecified atom stereocenters. The highest BCUT2D eigenvalue weighted by Crippen LogP contribution is 2.27. The van der Waals surface area contributed by atoms with Gasteiger partial charge in [0.15, 0.2) is 0 Å². The van der Waals surface area contributed by atoms with Crippen LogP contribution in [0.4, 0.5) is 5.69 Å². The molecule has 0 saturated heterocycles. The average Bonchev–Trinajstić information content (AvgIpc) is 2.52. The van der Waals surface area contributed by atoms with E-state index in [0.29, 0.717) is 29.7 Å². The SMILES string of the molecule is COCCOc1ccc(NC(=O)c2cc(=O)n(C)cn2)cc1Cl. The zero-order chi connectivity index (χ0) is 16.8. The number of methoxy groups -OCH3 is 1. The molecule has 0 atom stereocenters. The maximum atomic E-state index is 12.1. The zero-order valence-corrected chi connectivity index (χ0v) is 13.5. The van der Waals surface area contributed by atoms with Crippen LogP contribution in [0.2, 0.25) is 5.02 Å². The van der Waals surface area contributed by atoms with E-state index in [1.54, 1.807) is 32.4 Å². The molecule has 23 heavy (non-hydrogen) atoms. The van der Waals surface area contributed by atoms with Gasteiger partial charge in [-0.25, -0.2) is 4.98 Å². The van der Waals surface area contributed by atoms with Gasteiger partial charge in [-0.05, 0) is 18.2 Å². The van der Waals surface area contributed by atoms with E-state index < -0.39 is 5.91 Å². The van der Waals surface area contributed by atoms with Crippen molar-refractivity contribution in [3.63, 3.8) is 0 Å². The monoisotopic (exact) mass is 337 g/mol. The Kier molecular flexibility index (Phi) is 5.72. The summed E-state index contributed by atoms with van der Waals surface area (Å²) >= 11 is 6.10. The average molecular weight is 338 g/mol. The number of carbonyl (C=O) groups is 1. The number of hydrogen-bond donors (Lipinski definition) is 1. The number of hydrogen-bond acceptors (Lipinski definition) is 5. The molecule has 2 rings (SSSR count). The largest absolute Gasteiger partial charge is 0.490 e. The van der Waals surface area contributed by atoms with Crippen molar-refractivity contribution in [1.82, 2.24) is 9.55 Å². The fourth-order valence-corrected chi connectivity index (χ4v) is 1.95. The van der Waals surface area contributed by atoms with Crippen molar-refractivity contribution in [1.29, 1.82) is 0 Å². The Morgan fingerprint density at radius 1 is 1.35 bits per heavy atom. The van der Waals surface area contributed by atoms with Crippen LogP contribution >= 0.6 is 11.6 Å². The van der Waals surface area contributed by atoms with Gasteiger partial charge in [0.25, 0.3) is 11.5 Å². The van der Waals surface area contributed by atoms with Crippen LogP contribution in [0.15, 0.2) is 35.4 Å². The minimum Gasteiger partial charge on any atom is -0.490 e. The Hall–Kier alpha value is -2.38. The number of ether oxygens (including phenoxy) is 2. The fraction of sp³-hybridized carbons (Fsp3) is 0.267. The summed E-state index contributed by atoms with van der Waals surface area (Å²) in [6.07, 6.45) is 1.29. The molecular formula is C15H16ClN3O4. The van der Waals surface area contributed by atoms with Crippen LogP contribution in [-0.2, 0) is 11.8 Å². The third-order valence-corrected chi connectivity index (χ3v) is 3.24. The summed E-state index contributed by atoms with van der Waals surface area (Å²) in [5.74, 6) is 0.000221. The first kappa shape index (κ1) is 17.0. The van der Waals surface area contributed by atoms with Gasteiger partial charge in [-0.2, -0.15) is 0 Å². The summed E-state index contributed by atoms with van der Waals surface area (Å²) in [5.41, 5.74) is 0.191. The topological polar surface area (TPSA) is 82.5 Å². The van der Waals surface area contributed by atoms with Crippen molar-refractivity contribution in [2.75, 3.05) is 25.6 Å². The maximum Gasteiger partial charge on any atom is 0.274 e. The molecule has 8 heteroatoms. The molecule has 0 bridgehead atoms. The Labute approximate surface area is 137 Å². The molecule has 7 nitrogen and oxygen atoms in total. The van der Waals surface area contributed by atoms with Gasteiger partial charge in [-0.1, -0.05) is 11.6 Å². The molecule has 1 heterocycles.